The maximum absolute atomic E-state index is 11.9. The second-order valence-corrected chi connectivity index (χ2v) is 5.35. The third kappa shape index (κ3) is 1.96. The van der Waals surface area contributed by atoms with Gasteiger partial charge in [0.2, 0.25) is 5.43 Å². The van der Waals surface area contributed by atoms with Crippen molar-refractivity contribution < 1.29 is 9.90 Å². The molecule has 0 amide bonds. The first kappa shape index (κ1) is 12.1. The van der Waals surface area contributed by atoms with Crippen LogP contribution in [-0.4, -0.2) is 26.9 Å². The molecule has 5 nitrogen and oxygen atoms in total. The minimum atomic E-state index is -1.20. The Labute approximate surface area is 105 Å². The summed E-state index contributed by atoms with van der Waals surface area (Å²) in [6, 6.07) is 0. The summed E-state index contributed by atoms with van der Waals surface area (Å²) in [6.07, 6.45) is 3.23. The van der Waals surface area contributed by atoms with Gasteiger partial charge < -0.3 is 9.67 Å². The largest absolute Gasteiger partial charge is 0.477 e. The zero-order valence-corrected chi connectivity index (χ0v) is 10.9. The maximum Gasteiger partial charge on any atom is 0.341 e. The number of nitrogens with zero attached hydrogens (tertiary/aromatic N) is 2. The predicted octanol–water partition coefficient (Wildman–Crippen LogP) is 1.90. The van der Waals surface area contributed by atoms with Crippen molar-refractivity contribution in [2.75, 3.05) is 6.26 Å². The molecule has 0 saturated heterocycles. The molecule has 7 heteroatoms. The van der Waals surface area contributed by atoms with E-state index in [0.29, 0.717) is 16.9 Å². The van der Waals surface area contributed by atoms with Crippen molar-refractivity contribution in [1.82, 2.24) is 9.55 Å². The van der Waals surface area contributed by atoms with E-state index in [2.05, 4.69) is 4.98 Å². The molecule has 0 aliphatic heterocycles. The standard InChI is InChI=1S/C10H10N2O3S2/c1-3-12-4-5(9(14)15)6(13)7-8(12)11-10(16-2)17-7/h4H,3H2,1-2H3,(H,14,15). The smallest absolute Gasteiger partial charge is 0.341 e. The molecular formula is C10H10N2O3S2. The van der Waals surface area contributed by atoms with Crippen LogP contribution in [0.4, 0.5) is 0 Å². The monoisotopic (exact) mass is 270 g/mol. The van der Waals surface area contributed by atoms with Crippen LogP contribution in [0.5, 0.6) is 0 Å². The number of aromatic carboxylic acids is 1. The van der Waals surface area contributed by atoms with Gasteiger partial charge >= 0.3 is 5.97 Å². The first-order valence-electron chi connectivity index (χ1n) is 4.89. The number of carboxylic acids is 1. The SMILES string of the molecule is CCn1cc(C(=O)O)c(=O)c2sc(SC)nc21. The Bertz CT molecular complexity index is 645. The number of hydrogen-bond acceptors (Lipinski definition) is 5. The Kier molecular flexibility index (Phi) is 3.21. The molecule has 2 heterocycles. The molecule has 0 radical (unpaired) electrons. The van der Waals surface area contributed by atoms with Crippen LogP contribution in [0, 0.1) is 0 Å². The fraction of sp³-hybridized carbons (Fsp3) is 0.300. The summed E-state index contributed by atoms with van der Waals surface area (Å²) in [5.41, 5.74) is -0.0810. The average molecular weight is 270 g/mol. The zero-order valence-electron chi connectivity index (χ0n) is 9.26. The van der Waals surface area contributed by atoms with E-state index in [9.17, 15) is 9.59 Å². The molecule has 1 N–H and O–H groups in total. The van der Waals surface area contributed by atoms with Gasteiger partial charge in [-0.3, -0.25) is 4.79 Å². The van der Waals surface area contributed by atoms with E-state index in [1.165, 1.54) is 29.3 Å². The molecule has 2 aromatic heterocycles. The highest BCUT2D eigenvalue weighted by Gasteiger charge is 2.17. The van der Waals surface area contributed by atoms with Gasteiger partial charge in [0.05, 0.1) is 0 Å². The zero-order chi connectivity index (χ0) is 12.6. The molecule has 0 aromatic carbocycles. The highest BCUT2D eigenvalue weighted by molar-refractivity contribution is 8.00. The Hall–Kier alpha value is -1.34. The van der Waals surface area contributed by atoms with Crippen molar-refractivity contribution in [3.8, 4) is 0 Å². The first-order chi connectivity index (χ1) is 8.08. The Morgan fingerprint density at radius 3 is 2.88 bits per heavy atom. The van der Waals surface area contributed by atoms with Gasteiger partial charge in [0, 0.05) is 12.7 Å². The van der Waals surface area contributed by atoms with Crippen molar-refractivity contribution in [2.24, 2.45) is 0 Å². The van der Waals surface area contributed by atoms with Gasteiger partial charge in [-0.15, -0.1) is 11.3 Å². The third-order valence-corrected chi connectivity index (χ3v) is 4.37. The Morgan fingerprint density at radius 1 is 1.65 bits per heavy atom. The molecule has 90 valence electrons. The molecule has 2 rings (SSSR count). The number of pyridine rings is 1. The van der Waals surface area contributed by atoms with E-state index in [1.807, 2.05) is 13.2 Å². The van der Waals surface area contributed by atoms with Crippen LogP contribution < -0.4 is 5.43 Å². The van der Waals surface area contributed by atoms with Crippen molar-refractivity contribution in [3.05, 3.63) is 22.0 Å². The Morgan fingerprint density at radius 2 is 2.35 bits per heavy atom. The van der Waals surface area contributed by atoms with E-state index < -0.39 is 11.4 Å². The minimum Gasteiger partial charge on any atom is -0.477 e. The van der Waals surface area contributed by atoms with Crippen LogP contribution in [0.1, 0.15) is 17.3 Å². The second kappa shape index (κ2) is 4.50. The van der Waals surface area contributed by atoms with E-state index >= 15 is 0 Å². The van der Waals surface area contributed by atoms with Crippen molar-refractivity contribution in [1.29, 1.82) is 0 Å². The van der Waals surface area contributed by atoms with Crippen molar-refractivity contribution in [3.63, 3.8) is 0 Å². The van der Waals surface area contributed by atoms with Gasteiger partial charge in [-0.05, 0) is 13.2 Å². The quantitative estimate of drug-likeness (QED) is 0.862. The number of thiazole rings is 1. The molecule has 0 saturated carbocycles. The van der Waals surface area contributed by atoms with Gasteiger partial charge in [-0.25, -0.2) is 9.78 Å². The molecule has 2 aromatic rings. The van der Waals surface area contributed by atoms with Crippen LogP contribution >= 0.6 is 23.1 Å². The summed E-state index contributed by atoms with van der Waals surface area (Å²) in [5, 5.41) is 8.97. The van der Waals surface area contributed by atoms with Gasteiger partial charge in [-0.2, -0.15) is 0 Å². The van der Waals surface area contributed by atoms with Crippen LogP contribution in [-0.2, 0) is 6.54 Å². The van der Waals surface area contributed by atoms with Gasteiger partial charge in [0.25, 0.3) is 0 Å². The summed E-state index contributed by atoms with van der Waals surface area (Å²) in [5.74, 6) is -1.20. The summed E-state index contributed by atoms with van der Waals surface area (Å²) in [7, 11) is 0. The average Bonchev–Trinajstić information content (AvgIpc) is 2.74. The van der Waals surface area contributed by atoms with Crippen molar-refractivity contribution >= 4 is 39.4 Å². The lowest BCUT2D eigenvalue weighted by Gasteiger charge is -2.04. The third-order valence-electron chi connectivity index (χ3n) is 2.34. The lowest BCUT2D eigenvalue weighted by Crippen LogP contribution is -2.17. The van der Waals surface area contributed by atoms with Gasteiger partial charge in [-0.1, -0.05) is 11.8 Å². The molecule has 0 spiro atoms. The molecule has 17 heavy (non-hydrogen) atoms. The molecular weight excluding hydrogens is 260 g/mol. The van der Waals surface area contributed by atoms with Crippen LogP contribution in [0.2, 0.25) is 0 Å². The van der Waals surface area contributed by atoms with E-state index in [-0.39, 0.29) is 5.56 Å². The topological polar surface area (TPSA) is 72.2 Å². The maximum atomic E-state index is 11.9. The summed E-state index contributed by atoms with van der Waals surface area (Å²) in [4.78, 5) is 27.2. The molecule has 0 atom stereocenters. The highest BCUT2D eigenvalue weighted by Crippen LogP contribution is 2.26. The number of rotatable bonds is 3. The minimum absolute atomic E-state index is 0.198. The predicted molar refractivity (Wildman–Crippen MR) is 68.3 cm³/mol. The van der Waals surface area contributed by atoms with E-state index in [4.69, 9.17) is 5.11 Å². The van der Waals surface area contributed by atoms with Crippen molar-refractivity contribution in [2.45, 2.75) is 17.8 Å². The summed E-state index contributed by atoms with van der Waals surface area (Å²) in [6.45, 7) is 2.46. The highest BCUT2D eigenvalue weighted by atomic mass is 32.2. The number of fused-ring (bicyclic) bond motifs is 1. The van der Waals surface area contributed by atoms with Gasteiger partial charge in [0.1, 0.15) is 10.3 Å². The summed E-state index contributed by atoms with van der Waals surface area (Å²) >= 11 is 2.68. The first-order valence-corrected chi connectivity index (χ1v) is 6.93. The Balaban J connectivity index is 2.87. The number of thioether (sulfide) groups is 1. The molecule has 0 aliphatic carbocycles. The lowest BCUT2D eigenvalue weighted by molar-refractivity contribution is 0.0695. The number of hydrogen-bond donors (Lipinski definition) is 1. The van der Waals surface area contributed by atoms with Crippen LogP contribution in [0.3, 0.4) is 0 Å². The van der Waals surface area contributed by atoms with Crippen LogP contribution in [0.25, 0.3) is 10.3 Å². The lowest BCUT2D eigenvalue weighted by atomic mass is 10.2. The van der Waals surface area contributed by atoms with E-state index in [1.54, 1.807) is 4.57 Å². The molecule has 0 bridgehead atoms. The number of carbonyl (C=O) groups is 1. The number of carboxylic acid groups (broad SMARTS) is 1. The molecule has 0 unspecified atom stereocenters. The normalized spacial score (nSPS) is 10.9. The van der Waals surface area contributed by atoms with E-state index in [0.717, 1.165) is 4.34 Å². The fourth-order valence-electron chi connectivity index (χ4n) is 1.51. The summed E-state index contributed by atoms with van der Waals surface area (Å²) < 4.78 is 2.87. The fourth-order valence-corrected chi connectivity index (χ4v) is 3.04. The number of aryl methyl sites for hydroxylation is 1. The van der Waals surface area contributed by atoms with Gasteiger partial charge in [0.15, 0.2) is 9.99 Å². The second-order valence-electron chi connectivity index (χ2n) is 3.30. The van der Waals surface area contributed by atoms with Crippen LogP contribution in [0.15, 0.2) is 15.3 Å². The number of aromatic nitrogens is 2. The molecule has 0 aliphatic rings. The molecule has 0 fully saturated rings.